The van der Waals surface area contributed by atoms with Gasteiger partial charge in [0.05, 0.1) is 12.4 Å². The molecule has 14 nitrogen and oxygen atoms in total. The predicted octanol–water partition coefficient (Wildman–Crippen LogP) is -1.14. The van der Waals surface area contributed by atoms with E-state index in [-0.39, 0.29) is 31.6 Å². The van der Waals surface area contributed by atoms with E-state index in [1.165, 1.54) is 12.5 Å². The first-order chi connectivity index (χ1) is 17.5. The largest absolute Gasteiger partial charge is 0.481 e. The molecule has 5 unspecified atom stereocenters. The first-order valence-electron chi connectivity index (χ1n) is 12.3. The predicted molar refractivity (Wildman–Crippen MR) is 133 cm³/mol. The van der Waals surface area contributed by atoms with E-state index in [1.807, 2.05) is 6.92 Å². The number of carboxylic acids is 2. The second-order valence-electron chi connectivity index (χ2n) is 8.94. The monoisotopic (exact) mass is 525 g/mol. The molecule has 208 valence electrons. The van der Waals surface area contributed by atoms with Crippen LogP contribution in [0.2, 0.25) is 0 Å². The van der Waals surface area contributed by atoms with Gasteiger partial charge in [0.15, 0.2) is 0 Å². The maximum absolute atomic E-state index is 13.2. The van der Waals surface area contributed by atoms with Crippen LogP contribution in [0.4, 0.5) is 0 Å². The number of carboxylic acid groups (broad SMARTS) is 2. The summed E-state index contributed by atoms with van der Waals surface area (Å²) in [5.41, 5.74) is 11.8. The zero-order chi connectivity index (χ0) is 28.0. The van der Waals surface area contributed by atoms with Gasteiger partial charge in [-0.2, -0.15) is 0 Å². The molecule has 0 saturated carbocycles. The van der Waals surface area contributed by atoms with Crippen LogP contribution in [-0.2, 0) is 30.4 Å². The molecule has 0 radical (unpaired) electrons. The Morgan fingerprint density at radius 3 is 2.22 bits per heavy atom. The van der Waals surface area contributed by atoms with Crippen LogP contribution in [0.5, 0.6) is 0 Å². The van der Waals surface area contributed by atoms with Gasteiger partial charge >= 0.3 is 11.9 Å². The van der Waals surface area contributed by atoms with Crippen molar-refractivity contribution in [3.8, 4) is 0 Å². The third-order valence-electron chi connectivity index (χ3n) is 5.97. The molecule has 1 aromatic heterocycles. The van der Waals surface area contributed by atoms with Crippen molar-refractivity contribution < 1.29 is 34.2 Å². The molecule has 0 spiro atoms. The van der Waals surface area contributed by atoms with E-state index in [0.29, 0.717) is 31.5 Å². The molecule has 3 amide bonds. The van der Waals surface area contributed by atoms with Crippen LogP contribution in [0.3, 0.4) is 0 Å². The highest BCUT2D eigenvalue weighted by atomic mass is 16.4. The fourth-order valence-corrected chi connectivity index (χ4v) is 3.48. The van der Waals surface area contributed by atoms with E-state index in [2.05, 4.69) is 25.9 Å². The molecule has 0 aliphatic heterocycles. The number of aliphatic carboxylic acids is 2. The molecule has 10 N–H and O–H groups in total. The van der Waals surface area contributed by atoms with Crippen LogP contribution in [-0.4, -0.2) is 80.6 Å². The van der Waals surface area contributed by atoms with Gasteiger partial charge in [-0.3, -0.25) is 19.2 Å². The molecular formula is C23H39N7O7. The normalized spacial score (nSPS) is 15.0. The van der Waals surface area contributed by atoms with Gasteiger partial charge in [0.1, 0.15) is 18.1 Å². The van der Waals surface area contributed by atoms with Gasteiger partial charge in [0, 0.05) is 24.7 Å². The molecule has 1 rings (SSSR count). The Bertz CT molecular complexity index is 894. The number of carbonyl (C=O) groups excluding carboxylic acids is 3. The Labute approximate surface area is 215 Å². The van der Waals surface area contributed by atoms with Crippen molar-refractivity contribution in [1.82, 2.24) is 25.9 Å². The van der Waals surface area contributed by atoms with Crippen LogP contribution in [0.15, 0.2) is 12.5 Å². The Morgan fingerprint density at radius 2 is 1.68 bits per heavy atom. The Morgan fingerprint density at radius 1 is 1.00 bits per heavy atom. The number of aromatic nitrogens is 2. The zero-order valence-electron chi connectivity index (χ0n) is 21.2. The van der Waals surface area contributed by atoms with Gasteiger partial charge in [0.25, 0.3) is 0 Å². The summed E-state index contributed by atoms with van der Waals surface area (Å²) in [4.78, 5) is 68.0. The lowest BCUT2D eigenvalue weighted by molar-refractivity contribution is -0.142. The highest BCUT2D eigenvalue weighted by Crippen LogP contribution is 2.11. The summed E-state index contributed by atoms with van der Waals surface area (Å²) >= 11 is 0. The number of aromatic amines is 1. The first-order valence-corrected chi connectivity index (χ1v) is 12.3. The Balaban J connectivity index is 3.04. The van der Waals surface area contributed by atoms with E-state index in [4.69, 9.17) is 16.6 Å². The van der Waals surface area contributed by atoms with E-state index >= 15 is 0 Å². The summed E-state index contributed by atoms with van der Waals surface area (Å²) in [6, 6.07) is -4.54. The van der Waals surface area contributed by atoms with Crippen molar-refractivity contribution in [2.24, 2.45) is 17.4 Å². The summed E-state index contributed by atoms with van der Waals surface area (Å²) in [7, 11) is 0. The maximum Gasteiger partial charge on any atom is 0.326 e. The number of unbranched alkanes of at least 4 members (excludes halogenated alkanes) is 1. The average molecular weight is 526 g/mol. The SMILES string of the molecule is CCC(C)C(NC(=O)C(N)CCC(=O)O)C(=O)NC(Cc1cnc[nH]1)C(=O)NC(CCCCN)C(=O)O. The van der Waals surface area contributed by atoms with Crippen molar-refractivity contribution in [1.29, 1.82) is 0 Å². The molecule has 37 heavy (non-hydrogen) atoms. The lowest BCUT2D eigenvalue weighted by atomic mass is 9.96. The minimum Gasteiger partial charge on any atom is -0.481 e. The number of nitrogens with two attached hydrogens (primary N) is 2. The van der Waals surface area contributed by atoms with Gasteiger partial charge in [-0.25, -0.2) is 9.78 Å². The number of nitrogens with one attached hydrogen (secondary N) is 4. The maximum atomic E-state index is 13.2. The molecule has 0 bridgehead atoms. The number of hydrogen-bond donors (Lipinski definition) is 8. The highest BCUT2D eigenvalue weighted by Gasteiger charge is 2.32. The molecular weight excluding hydrogens is 486 g/mol. The van der Waals surface area contributed by atoms with E-state index in [1.54, 1.807) is 6.92 Å². The molecule has 1 aromatic rings. The molecule has 1 heterocycles. The topological polar surface area (TPSA) is 243 Å². The fourth-order valence-electron chi connectivity index (χ4n) is 3.48. The highest BCUT2D eigenvalue weighted by molar-refractivity contribution is 5.94. The third kappa shape index (κ3) is 11.4. The molecule has 0 aromatic carbocycles. The quantitative estimate of drug-likeness (QED) is 0.107. The number of nitrogens with zero attached hydrogens (tertiary/aromatic N) is 1. The average Bonchev–Trinajstić information content (AvgIpc) is 3.37. The number of rotatable bonds is 18. The fraction of sp³-hybridized carbons (Fsp3) is 0.652. The number of H-pyrrole nitrogens is 1. The van der Waals surface area contributed by atoms with Gasteiger partial charge in [0.2, 0.25) is 17.7 Å². The first kappa shape index (κ1) is 31.5. The second-order valence-corrected chi connectivity index (χ2v) is 8.94. The summed E-state index contributed by atoms with van der Waals surface area (Å²) in [6.07, 6.45) is 4.21. The minimum absolute atomic E-state index is 0.00793. The van der Waals surface area contributed by atoms with E-state index in [9.17, 15) is 29.1 Å². The van der Waals surface area contributed by atoms with Crippen molar-refractivity contribution in [3.63, 3.8) is 0 Å². The Hall–Kier alpha value is -3.52. The van der Waals surface area contributed by atoms with Crippen LogP contribution in [0, 0.1) is 5.92 Å². The number of imidazole rings is 1. The van der Waals surface area contributed by atoms with E-state index < -0.39 is 53.8 Å². The molecule has 14 heteroatoms. The van der Waals surface area contributed by atoms with Crippen molar-refractivity contribution in [2.45, 2.75) is 83.0 Å². The third-order valence-corrected chi connectivity index (χ3v) is 5.97. The van der Waals surface area contributed by atoms with Gasteiger partial charge in [-0.15, -0.1) is 0 Å². The molecule has 0 saturated heterocycles. The number of carbonyl (C=O) groups is 5. The summed E-state index contributed by atoms with van der Waals surface area (Å²) in [5.74, 6) is -4.73. The second kappa shape index (κ2) is 16.3. The van der Waals surface area contributed by atoms with Gasteiger partial charge < -0.3 is 42.6 Å². The minimum atomic E-state index is -1.21. The molecule has 0 aliphatic carbocycles. The van der Waals surface area contributed by atoms with Crippen molar-refractivity contribution >= 4 is 29.7 Å². The lowest BCUT2D eigenvalue weighted by Gasteiger charge is -2.28. The van der Waals surface area contributed by atoms with Gasteiger partial charge in [-0.1, -0.05) is 20.3 Å². The smallest absolute Gasteiger partial charge is 0.326 e. The molecule has 0 aliphatic rings. The standard InChI is InChI=1S/C23H39N7O7/c1-3-13(2)19(30-20(33)15(25)7-8-18(31)32)22(35)29-17(10-14-11-26-12-27-14)21(34)28-16(23(36)37)6-4-5-9-24/h11-13,15-17,19H,3-10,24-25H2,1-2H3,(H,26,27)(H,28,34)(H,29,35)(H,30,33)(H,31,32)(H,36,37). The number of amides is 3. The molecule has 5 atom stereocenters. The van der Waals surface area contributed by atoms with Crippen LogP contribution in [0.1, 0.15) is 58.1 Å². The Kier molecular flexibility index (Phi) is 13.9. The summed E-state index contributed by atoms with van der Waals surface area (Å²) in [6.45, 7) is 3.94. The summed E-state index contributed by atoms with van der Waals surface area (Å²) < 4.78 is 0. The van der Waals surface area contributed by atoms with Crippen molar-refractivity contribution in [3.05, 3.63) is 18.2 Å². The lowest BCUT2D eigenvalue weighted by Crippen LogP contribution is -2.59. The van der Waals surface area contributed by atoms with Gasteiger partial charge in [-0.05, 0) is 38.1 Å². The van der Waals surface area contributed by atoms with Crippen molar-refractivity contribution in [2.75, 3.05) is 6.54 Å². The van der Waals surface area contributed by atoms with E-state index in [0.717, 1.165) is 0 Å². The summed E-state index contributed by atoms with van der Waals surface area (Å²) in [5, 5.41) is 26.0. The number of hydrogen-bond acceptors (Lipinski definition) is 8. The zero-order valence-corrected chi connectivity index (χ0v) is 21.2. The molecule has 0 fully saturated rings. The van der Waals surface area contributed by atoms with Crippen LogP contribution >= 0.6 is 0 Å². The van der Waals surface area contributed by atoms with Crippen LogP contribution in [0.25, 0.3) is 0 Å². The van der Waals surface area contributed by atoms with Crippen LogP contribution < -0.4 is 27.4 Å².